The number of benzene rings is 1. The molecule has 1 aliphatic rings. The van der Waals surface area contributed by atoms with Crippen LogP contribution in [-0.4, -0.2) is 23.9 Å². The first-order chi connectivity index (χ1) is 9.79. The minimum atomic E-state index is -0.893. The molecule has 5 nitrogen and oxygen atoms in total. The number of carbonyl (C=O) groups is 2. The molecule has 2 amide bonds. The third-order valence-electron chi connectivity index (χ3n) is 3.71. The summed E-state index contributed by atoms with van der Waals surface area (Å²) in [7, 11) is 0. The van der Waals surface area contributed by atoms with E-state index in [1.54, 1.807) is 18.7 Å². The Morgan fingerprint density at radius 2 is 1.95 bits per heavy atom. The van der Waals surface area contributed by atoms with Gasteiger partial charge in [-0.1, -0.05) is 12.1 Å². The first-order valence-corrected chi connectivity index (χ1v) is 7.29. The van der Waals surface area contributed by atoms with Gasteiger partial charge in [-0.25, -0.2) is 0 Å². The Labute approximate surface area is 125 Å². The second kappa shape index (κ2) is 5.85. The van der Waals surface area contributed by atoms with E-state index in [1.807, 2.05) is 31.2 Å². The summed E-state index contributed by atoms with van der Waals surface area (Å²) < 4.78 is 0. The van der Waals surface area contributed by atoms with E-state index in [0.717, 1.165) is 24.2 Å². The van der Waals surface area contributed by atoms with Crippen LogP contribution in [0.15, 0.2) is 24.3 Å². The van der Waals surface area contributed by atoms with Gasteiger partial charge in [-0.2, -0.15) is 0 Å². The second-order valence-electron chi connectivity index (χ2n) is 6.16. The molecule has 5 heteroatoms. The van der Waals surface area contributed by atoms with Crippen molar-refractivity contribution in [1.82, 2.24) is 5.32 Å². The Kier molecular flexibility index (Phi) is 4.32. The standard InChI is InChI=1S/C16H23N3O2/c1-11(18-15(21)16(2,3)17)12-6-8-13(9-7-12)19-10-4-5-14(19)20/h6-9,11H,4-5,10,17H2,1-3H3,(H,18,21). The fraction of sp³-hybridized carbons (Fsp3) is 0.500. The van der Waals surface area contributed by atoms with Crippen molar-refractivity contribution in [2.45, 2.75) is 45.2 Å². The molecule has 1 aliphatic heterocycles. The highest BCUT2D eigenvalue weighted by Gasteiger charge is 2.24. The number of nitrogens with one attached hydrogen (secondary N) is 1. The monoisotopic (exact) mass is 289 g/mol. The summed E-state index contributed by atoms with van der Waals surface area (Å²) in [6.07, 6.45) is 1.54. The molecule has 1 saturated heterocycles. The fourth-order valence-electron chi connectivity index (χ4n) is 2.33. The molecule has 0 aromatic heterocycles. The maximum atomic E-state index is 11.9. The van der Waals surface area contributed by atoms with E-state index >= 15 is 0 Å². The number of anilines is 1. The van der Waals surface area contributed by atoms with E-state index in [0.29, 0.717) is 6.42 Å². The van der Waals surface area contributed by atoms with Crippen LogP contribution in [0.25, 0.3) is 0 Å². The fourth-order valence-corrected chi connectivity index (χ4v) is 2.33. The molecule has 114 valence electrons. The smallest absolute Gasteiger partial charge is 0.239 e. The molecular weight excluding hydrogens is 266 g/mol. The van der Waals surface area contributed by atoms with Gasteiger partial charge in [0.25, 0.3) is 0 Å². The van der Waals surface area contributed by atoms with Crippen molar-refractivity contribution in [3.05, 3.63) is 29.8 Å². The van der Waals surface area contributed by atoms with Gasteiger partial charge in [-0.05, 0) is 44.9 Å². The predicted molar refractivity (Wildman–Crippen MR) is 82.9 cm³/mol. The number of hydrogen-bond donors (Lipinski definition) is 2. The summed E-state index contributed by atoms with van der Waals surface area (Å²) in [5, 5.41) is 2.89. The maximum Gasteiger partial charge on any atom is 0.239 e. The lowest BCUT2D eigenvalue weighted by Crippen LogP contribution is -2.49. The highest BCUT2D eigenvalue weighted by molar-refractivity contribution is 5.95. The number of nitrogens with zero attached hydrogens (tertiary/aromatic N) is 1. The van der Waals surface area contributed by atoms with Crippen molar-refractivity contribution >= 4 is 17.5 Å². The SMILES string of the molecule is CC(NC(=O)C(C)(C)N)c1ccc(N2CCCC2=O)cc1. The zero-order valence-corrected chi connectivity index (χ0v) is 12.8. The highest BCUT2D eigenvalue weighted by Crippen LogP contribution is 2.23. The van der Waals surface area contributed by atoms with E-state index < -0.39 is 5.54 Å². The Bertz CT molecular complexity index is 531. The van der Waals surface area contributed by atoms with E-state index in [2.05, 4.69) is 5.32 Å². The topological polar surface area (TPSA) is 75.4 Å². The van der Waals surface area contributed by atoms with Gasteiger partial charge in [0.05, 0.1) is 11.6 Å². The molecule has 1 aromatic carbocycles. The van der Waals surface area contributed by atoms with Gasteiger partial charge >= 0.3 is 0 Å². The summed E-state index contributed by atoms with van der Waals surface area (Å²) in [5.41, 5.74) is 6.78. The highest BCUT2D eigenvalue weighted by atomic mass is 16.2. The second-order valence-corrected chi connectivity index (χ2v) is 6.16. The van der Waals surface area contributed by atoms with Crippen LogP contribution in [0.3, 0.4) is 0 Å². The van der Waals surface area contributed by atoms with Crippen LogP contribution in [0.2, 0.25) is 0 Å². The zero-order valence-electron chi connectivity index (χ0n) is 12.8. The third-order valence-corrected chi connectivity index (χ3v) is 3.71. The van der Waals surface area contributed by atoms with Crippen molar-refractivity contribution in [2.24, 2.45) is 5.73 Å². The molecule has 1 fully saturated rings. The summed E-state index contributed by atoms with van der Waals surface area (Å²) in [6, 6.07) is 7.61. The molecule has 1 aromatic rings. The van der Waals surface area contributed by atoms with Gasteiger partial charge in [0.1, 0.15) is 0 Å². The predicted octanol–water partition coefficient (Wildman–Crippen LogP) is 1.73. The molecule has 3 N–H and O–H groups in total. The Morgan fingerprint density at radius 3 is 2.43 bits per heavy atom. The van der Waals surface area contributed by atoms with Crippen molar-refractivity contribution in [3.63, 3.8) is 0 Å². The summed E-state index contributed by atoms with van der Waals surface area (Å²) in [5.74, 6) is -0.0113. The van der Waals surface area contributed by atoms with E-state index in [-0.39, 0.29) is 17.9 Å². The lowest BCUT2D eigenvalue weighted by Gasteiger charge is -2.23. The van der Waals surface area contributed by atoms with E-state index in [9.17, 15) is 9.59 Å². The lowest BCUT2D eigenvalue weighted by atomic mass is 10.0. The van der Waals surface area contributed by atoms with Crippen LogP contribution in [0.1, 0.15) is 45.2 Å². The van der Waals surface area contributed by atoms with Gasteiger partial charge in [-0.3, -0.25) is 9.59 Å². The number of carbonyl (C=O) groups excluding carboxylic acids is 2. The average Bonchev–Trinajstić information content (AvgIpc) is 2.84. The molecular formula is C16H23N3O2. The number of amides is 2. The summed E-state index contributed by atoms with van der Waals surface area (Å²) in [6.45, 7) is 6.06. The molecule has 1 atom stereocenters. The van der Waals surface area contributed by atoms with Gasteiger partial charge in [0, 0.05) is 18.7 Å². The quantitative estimate of drug-likeness (QED) is 0.886. The summed E-state index contributed by atoms with van der Waals surface area (Å²) >= 11 is 0. The molecule has 0 bridgehead atoms. The molecule has 21 heavy (non-hydrogen) atoms. The normalized spacial score (nSPS) is 17.0. The molecule has 0 spiro atoms. The van der Waals surface area contributed by atoms with Crippen LogP contribution in [0, 0.1) is 0 Å². The zero-order chi connectivity index (χ0) is 15.6. The van der Waals surface area contributed by atoms with Crippen molar-refractivity contribution in [1.29, 1.82) is 0 Å². The molecule has 1 unspecified atom stereocenters. The first-order valence-electron chi connectivity index (χ1n) is 7.29. The average molecular weight is 289 g/mol. The Balaban J connectivity index is 2.05. The number of nitrogens with two attached hydrogens (primary N) is 1. The minimum Gasteiger partial charge on any atom is -0.348 e. The Hall–Kier alpha value is -1.88. The van der Waals surface area contributed by atoms with Gasteiger partial charge in [-0.15, -0.1) is 0 Å². The van der Waals surface area contributed by atoms with Gasteiger partial charge in [0.15, 0.2) is 0 Å². The van der Waals surface area contributed by atoms with Crippen molar-refractivity contribution < 1.29 is 9.59 Å². The maximum absolute atomic E-state index is 11.9. The number of hydrogen-bond acceptors (Lipinski definition) is 3. The summed E-state index contributed by atoms with van der Waals surface area (Å²) in [4.78, 5) is 25.4. The molecule has 2 rings (SSSR count). The van der Waals surface area contributed by atoms with Crippen LogP contribution in [-0.2, 0) is 9.59 Å². The van der Waals surface area contributed by atoms with Crippen LogP contribution in [0.4, 0.5) is 5.69 Å². The van der Waals surface area contributed by atoms with Crippen LogP contribution < -0.4 is 16.0 Å². The minimum absolute atomic E-state index is 0.122. The third kappa shape index (κ3) is 3.61. The molecule has 0 saturated carbocycles. The molecule has 1 heterocycles. The van der Waals surface area contributed by atoms with Crippen LogP contribution in [0.5, 0.6) is 0 Å². The molecule has 0 aliphatic carbocycles. The van der Waals surface area contributed by atoms with E-state index in [1.165, 1.54) is 0 Å². The van der Waals surface area contributed by atoms with Crippen molar-refractivity contribution in [2.75, 3.05) is 11.4 Å². The van der Waals surface area contributed by atoms with Crippen LogP contribution >= 0.6 is 0 Å². The number of rotatable bonds is 4. The largest absolute Gasteiger partial charge is 0.348 e. The Morgan fingerprint density at radius 1 is 1.33 bits per heavy atom. The van der Waals surface area contributed by atoms with E-state index in [4.69, 9.17) is 5.73 Å². The molecule has 0 radical (unpaired) electrons. The van der Waals surface area contributed by atoms with Crippen molar-refractivity contribution in [3.8, 4) is 0 Å². The lowest BCUT2D eigenvalue weighted by molar-refractivity contribution is -0.125. The van der Waals surface area contributed by atoms with Gasteiger partial charge in [0.2, 0.25) is 11.8 Å². The van der Waals surface area contributed by atoms with Gasteiger partial charge < -0.3 is 16.0 Å². The first kappa shape index (κ1) is 15.5.